The molecule has 2 aromatic rings. The summed E-state index contributed by atoms with van der Waals surface area (Å²) in [6.45, 7) is 3.90. The van der Waals surface area contributed by atoms with Crippen LogP contribution in [-0.2, 0) is 6.54 Å². The highest BCUT2D eigenvalue weighted by atomic mass is 32.1. The van der Waals surface area contributed by atoms with Crippen LogP contribution in [0.5, 0.6) is 0 Å². The molecule has 1 aromatic heterocycles. The highest BCUT2D eigenvalue weighted by Crippen LogP contribution is 2.24. The van der Waals surface area contributed by atoms with Gasteiger partial charge in [0.05, 0.1) is 5.69 Å². The van der Waals surface area contributed by atoms with Gasteiger partial charge in [0.15, 0.2) is 0 Å². The molecular weight excluding hydrogens is 235 g/mol. The number of aromatic nitrogens is 1. The standard InChI is InChI=1S/C13H15FN2S/c1-2-6-15-8-12-9-17-13(16-12)10-4-3-5-11(14)7-10/h3-5,7,9,15H,2,6,8H2,1H3. The zero-order valence-electron chi connectivity index (χ0n) is 9.74. The molecule has 4 heteroatoms. The van der Waals surface area contributed by atoms with E-state index >= 15 is 0 Å². The molecule has 1 heterocycles. The van der Waals surface area contributed by atoms with Gasteiger partial charge in [-0.05, 0) is 25.1 Å². The summed E-state index contributed by atoms with van der Waals surface area (Å²) in [5.41, 5.74) is 1.86. The van der Waals surface area contributed by atoms with E-state index in [1.54, 1.807) is 17.4 Å². The van der Waals surface area contributed by atoms with E-state index in [1.807, 2.05) is 11.4 Å². The van der Waals surface area contributed by atoms with Crippen LogP contribution in [0.3, 0.4) is 0 Å². The zero-order chi connectivity index (χ0) is 12.1. The average molecular weight is 250 g/mol. The lowest BCUT2D eigenvalue weighted by Crippen LogP contribution is -2.13. The van der Waals surface area contributed by atoms with E-state index in [1.165, 1.54) is 12.1 Å². The molecule has 0 spiro atoms. The maximum absolute atomic E-state index is 13.1. The summed E-state index contributed by atoms with van der Waals surface area (Å²) in [6.07, 6.45) is 1.11. The topological polar surface area (TPSA) is 24.9 Å². The number of benzene rings is 1. The van der Waals surface area contributed by atoms with Crippen LogP contribution >= 0.6 is 11.3 Å². The Balaban J connectivity index is 2.07. The molecular formula is C13H15FN2S. The summed E-state index contributed by atoms with van der Waals surface area (Å²) in [4.78, 5) is 4.48. The number of rotatable bonds is 5. The van der Waals surface area contributed by atoms with Gasteiger partial charge in [0, 0.05) is 17.5 Å². The van der Waals surface area contributed by atoms with E-state index < -0.39 is 0 Å². The van der Waals surface area contributed by atoms with Crippen molar-refractivity contribution in [3.63, 3.8) is 0 Å². The number of hydrogen-bond donors (Lipinski definition) is 1. The summed E-state index contributed by atoms with van der Waals surface area (Å²) in [5, 5.41) is 6.19. The molecule has 0 amide bonds. The minimum atomic E-state index is -0.219. The van der Waals surface area contributed by atoms with Gasteiger partial charge in [0.25, 0.3) is 0 Å². The Kier molecular flexibility index (Phi) is 4.23. The summed E-state index contributed by atoms with van der Waals surface area (Å²) in [5.74, 6) is -0.219. The molecule has 17 heavy (non-hydrogen) atoms. The van der Waals surface area contributed by atoms with Crippen molar-refractivity contribution in [2.24, 2.45) is 0 Å². The van der Waals surface area contributed by atoms with Crippen molar-refractivity contribution in [3.05, 3.63) is 41.2 Å². The van der Waals surface area contributed by atoms with E-state index in [0.29, 0.717) is 0 Å². The molecule has 2 nitrogen and oxygen atoms in total. The predicted octanol–water partition coefficient (Wildman–Crippen LogP) is 3.45. The lowest BCUT2D eigenvalue weighted by molar-refractivity contribution is 0.628. The lowest BCUT2D eigenvalue weighted by Gasteiger charge is -1.98. The van der Waals surface area contributed by atoms with E-state index in [4.69, 9.17) is 0 Å². The molecule has 0 atom stereocenters. The maximum atomic E-state index is 13.1. The summed E-state index contributed by atoms with van der Waals surface area (Å²) in [6, 6.07) is 6.55. The Morgan fingerprint density at radius 3 is 3.06 bits per heavy atom. The number of hydrogen-bond acceptors (Lipinski definition) is 3. The summed E-state index contributed by atoms with van der Waals surface area (Å²) >= 11 is 1.55. The molecule has 0 radical (unpaired) electrons. The fourth-order valence-corrected chi connectivity index (χ4v) is 2.35. The van der Waals surface area contributed by atoms with Gasteiger partial charge in [-0.1, -0.05) is 19.1 Å². The van der Waals surface area contributed by atoms with Crippen LogP contribution in [0, 0.1) is 5.82 Å². The second kappa shape index (κ2) is 5.89. The van der Waals surface area contributed by atoms with E-state index in [-0.39, 0.29) is 5.82 Å². The quantitative estimate of drug-likeness (QED) is 0.822. The third-order valence-electron chi connectivity index (χ3n) is 2.36. The van der Waals surface area contributed by atoms with Gasteiger partial charge in [0.2, 0.25) is 0 Å². The largest absolute Gasteiger partial charge is 0.311 e. The Morgan fingerprint density at radius 2 is 2.29 bits per heavy atom. The van der Waals surface area contributed by atoms with Crippen LogP contribution < -0.4 is 5.32 Å². The highest BCUT2D eigenvalue weighted by Gasteiger charge is 2.05. The van der Waals surface area contributed by atoms with Crippen molar-refractivity contribution in [1.82, 2.24) is 10.3 Å². The van der Waals surface area contributed by atoms with Crippen molar-refractivity contribution in [1.29, 1.82) is 0 Å². The number of nitrogens with one attached hydrogen (secondary N) is 1. The minimum absolute atomic E-state index is 0.219. The van der Waals surface area contributed by atoms with Crippen LogP contribution in [0.15, 0.2) is 29.6 Å². The SMILES string of the molecule is CCCNCc1csc(-c2cccc(F)c2)n1. The third-order valence-corrected chi connectivity index (χ3v) is 3.30. The Labute approximate surface area is 105 Å². The van der Waals surface area contributed by atoms with Crippen molar-refractivity contribution >= 4 is 11.3 Å². The van der Waals surface area contributed by atoms with Crippen LogP contribution in [0.25, 0.3) is 10.6 Å². The second-order valence-electron chi connectivity index (χ2n) is 3.83. The van der Waals surface area contributed by atoms with Gasteiger partial charge < -0.3 is 5.32 Å². The van der Waals surface area contributed by atoms with Crippen molar-refractivity contribution in [3.8, 4) is 10.6 Å². The first-order valence-corrected chi connectivity index (χ1v) is 6.58. The first-order valence-electron chi connectivity index (χ1n) is 5.70. The van der Waals surface area contributed by atoms with Gasteiger partial charge in [-0.3, -0.25) is 0 Å². The van der Waals surface area contributed by atoms with Crippen LogP contribution in [0.2, 0.25) is 0 Å². The molecule has 0 aliphatic carbocycles. The van der Waals surface area contributed by atoms with Crippen LogP contribution in [-0.4, -0.2) is 11.5 Å². The van der Waals surface area contributed by atoms with Crippen LogP contribution in [0.4, 0.5) is 4.39 Å². The third kappa shape index (κ3) is 3.35. The average Bonchev–Trinajstić information content (AvgIpc) is 2.78. The molecule has 0 fully saturated rings. The number of halogens is 1. The fraction of sp³-hybridized carbons (Fsp3) is 0.308. The monoisotopic (exact) mass is 250 g/mol. The van der Waals surface area contributed by atoms with Gasteiger partial charge in [-0.2, -0.15) is 0 Å². The lowest BCUT2D eigenvalue weighted by atomic mass is 10.2. The van der Waals surface area contributed by atoms with Crippen molar-refractivity contribution < 1.29 is 4.39 Å². The Hall–Kier alpha value is -1.26. The smallest absolute Gasteiger partial charge is 0.123 e. The number of nitrogens with zero attached hydrogens (tertiary/aromatic N) is 1. The van der Waals surface area contributed by atoms with Gasteiger partial charge in [-0.25, -0.2) is 9.37 Å². The normalized spacial score (nSPS) is 10.7. The van der Waals surface area contributed by atoms with E-state index in [0.717, 1.165) is 35.8 Å². The minimum Gasteiger partial charge on any atom is -0.311 e. The molecule has 1 aromatic carbocycles. The molecule has 0 saturated carbocycles. The first-order chi connectivity index (χ1) is 8.29. The first kappa shape index (κ1) is 12.2. The van der Waals surface area contributed by atoms with Gasteiger partial charge >= 0.3 is 0 Å². The molecule has 0 saturated heterocycles. The zero-order valence-corrected chi connectivity index (χ0v) is 10.6. The molecule has 0 aliphatic heterocycles. The highest BCUT2D eigenvalue weighted by molar-refractivity contribution is 7.13. The second-order valence-corrected chi connectivity index (χ2v) is 4.69. The van der Waals surface area contributed by atoms with Gasteiger partial charge in [-0.15, -0.1) is 11.3 Å². The number of thiazole rings is 1. The molecule has 90 valence electrons. The summed E-state index contributed by atoms with van der Waals surface area (Å²) in [7, 11) is 0. The fourth-order valence-electron chi connectivity index (χ4n) is 1.54. The molecule has 0 bridgehead atoms. The predicted molar refractivity (Wildman–Crippen MR) is 69.5 cm³/mol. The molecule has 0 aliphatic rings. The Morgan fingerprint density at radius 1 is 1.41 bits per heavy atom. The van der Waals surface area contributed by atoms with Crippen molar-refractivity contribution in [2.45, 2.75) is 19.9 Å². The molecule has 2 rings (SSSR count). The van der Waals surface area contributed by atoms with Crippen molar-refractivity contribution in [2.75, 3.05) is 6.54 Å². The molecule has 0 unspecified atom stereocenters. The molecule has 1 N–H and O–H groups in total. The Bertz CT molecular complexity index is 482. The van der Waals surface area contributed by atoms with E-state index in [9.17, 15) is 4.39 Å². The maximum Gasteiger partial charge on any atom is 0.123 e. The van der Waals surface area contributed by atoms with E-state index in [2.05, 4.69) is 17.2 Å². The van der Waals surface area contributed by atoms with Gasteiger partial charge in [0.1, 0.15) is 10.8 Å². The van der Waals surface area contributed by atoms with Crippen LogP contribution in [0.1, 0.15) is 19.0 Å². The summed E-state index contributed by atoms with van der Waals surface area (Å²) < 4.78 is 13.1.